The minimum absolute atomic E-state index is 0.00793. The lowest BCUT2D eigenvalue weighted by Crippen LogP contribution is -2.42. The molecule has 25 heavy (non-hydrogen) atoms. The summed E-state index contributed by atoms with van der Waals surface area (Å²) in [6, 6.07) is 2.00. The summed E-state index contributed by atoms with van der Waals surface area (Å²) in [6.07, 6.45) is 0.348. The molecule has 1 fully saturated rings. The van der Waals surface area contributed by atoms with E-state index in [1.165, 1.54) is 0 Å². The Morgan fingerprint density at radius 1 is 1.20 bits per heavy atom. The first kappa shape index (κ1) is 17.5. The van der Waals surface area contributed by atoms with E-state index in [-0.39, 0.29) is 48.1 Å². The lowest BCUT2D eigenvalue weighted by atomic mass is 10.1. The number of hydrogen-bond donors (Lipinski definition) is 1. The second-order valence-corrected chi connectivity index (χ2v) is 8.18. The molecule has 134 valence electrons. The number of nitrogens with one attached hydrogen (secondary N) is 1. The fourth-order valence-corrected chi connectivity index (χ4v) is 4.51. The minimum atomic E-state index is -3.21. The average Bonchev–Trinajstić information content (AvgIpc) is 2.86. The van der Waals surface area contributed by atoms with Gasteiger partial charge < -0.3 is 5.32 Å². The number of amides is 2. The van der Waals surface area contributed by atoms with Crippen LogP contribution in [0.2, 0.25) is 0 Å². The molecular weight excluding hydrogens is 356 g/mol. The molecule has 0 spiro atoms. The lowest BCUT2D eigenvalue weighted by molar-refractivity contribution is -0.133. The van der Waals surface area contributed by atoms with Gasteiger partial charge in [-0.25, -0.2) is 22.2 Å². The van der Waals surface area contributed by atoms with Gasteiger partial charge in [0, 0.05) is 24.6 Å². The summed E-state index contributed by atoms with van der Waals surface area (Å²) in [7, 11) is -3.21. The first-order chi connectivity index (χ1) is 11.7. The van der Waals surface area contributed by atoms with Crippen molar-refractivity contribution in [2.75, 3.05) is 16.8 Å². The van der Waals surface area contributed by atoms with Gasteiger partial charge in [-0.15, -0.1) is 0 Å². The molecule has 2 amide bonds. The molecule has 1 saturated heterocycles. The van der Waals surface area contributed by atoms with Crippen LogP contribution in [0.4, 0.5) is 14.5 Å². The van der Waals surface area contributed by atoms with Crippen molar-refractivity contribution < 1.29 is 26.8 Å². The van der Waals surface area contributed by atoms with Crippen molar-refractivity contribution in [3.8, 4) is 0 Å². The van der Waals surface area contributed by atoms with Gasteiger partial charge >= 0.3 is 0 Å². The van der Waals surface area contributed by atoms with Crippen molar-refractivity contribution >= 4 is 33.1 Å². The number of benzene rings is 1. The van der Waals surface area contributed by atoms with Crippen molar-refractivity contribution in [2.45, 2.75) is 25.3 Å². The number of hydrazone groups is 1. The van der Waals surface area contributed by atoms with E-state index >= 15 is 0 Å². The van der Waals surface area contributed by atoms with Gasteiger partial charge in [0.25, 0.3) is 5.91 Å². The van der Waals surface area contributed by atoms with E-state index in [1.54, 1.807) is 0 Å². The molecule has 3 rings (SSSR count). The van der Waals surface area contributed by atoms with Crippen molar-refractivity contribution in [2.24, 2.45) is 5.10 Å². The standard InChI is InChI=1S/C15H15F2N3O4S/c16-9-5-10(17)7-11(6-9)18-15(22)13-1-2-14(21)20(19-13)12-3-4-25(23,24)8-12/h5-7,12H,1-4,8H2,(H,18,22)/t12-/m0/s1. The Balaban J connectivity index is 1.77. The molecule has 2 aliphatic rings. The normalized spacial score (nSPS) is 22.6. The summed E-state index contributed by atoms with van der Waals surface area (Å²) in [4.78, 5) is 24.2. The molecule has 0 aromatic heterocycles. The highest BCUT2D eigenvalue weighted by Gasteiger charge is 2.37. The quantitative estimate of drug-likeness (QED) is 0.860. The molecule has 2 aliphatic heterocycles. The van der Waals surface area contributed by atoms with E-state index in [4.69, 9.17) is 0 Å². The van der Waals surface area contributed by atoms with Crippen LogP contribution in [0.15, 0.2) is 23.3 Å². The molecular formula is C15H15F2N3O4S. The van der Waals surface area contributed by atoms with Gasteiger partial charge in [-0.3, -0.25) is 9.59 Å². The molecule has 2 heterocycles. The van der Waals surface area contributed by atoms with E-state index in [0.717, 1.165) is 17.1 Å². The summed E-state index contributed by atoms with van der Waals surface area (Å²) in [5.74, 6) is -2.94. The molecule has 10 heteroatoms. The molecule has 1 N–H and O–H groups in total. The third kappa shape index (κ3) is 4.01. The predicted molar refractivity (Wildman–Crippen MR) is 85.6 cm³/mol. The van der Waals surface area contributed by atoms with Gasteiger partial charge in [0.05, 0.1) is 17.5 Å². The van der Waals surface area contributed by atoms with Crippen LogP contribution in [0.5, 0.6) is 0 Å². The van der Waals surface area contributed by atoms with Crippen LogP contribution >= 0.6 is 0 Å². The number of hydrogen-bond acceptors (Lipinski definition) is 5. The summed E-state index contributed by atoms with van der Waals surface area (Å²) < 4.78 is 49.5. The van der Waals surface area contributed by atoms with Crippen LogP contribution in [-0.2, 0) is 19.4 Å². The number of carbonyl (C=O) groups excluding carboxylic acids is 2. The highest BCUT2D eigenvalue weighted by atomic mass is 32.2. The molecule has 0 radical (unpaired) electrons. The summed E-state index contributed by atoms with van der Waals surface area (Å²) in [5, 5.41) is 7.37. The molecule has 0 bridgehead atoms. The van der Waals surface area contributed by atoms with Gasteiger partial charge in [0.1, 0.15) is 17.3 Å². The zero-order valence-electron chi connectivity index (χ0n) is 13.0. The van der Waals surface area contributed by atoms with Crippen LogP contribution < -0.4 is 5.32 Å². The molecule has 0 aliphatic carbocycles. The van der Waals surface area contributed by atoms with E-state index in [2.05, 4.69) is 10.4 Å². The first-order valence-corrected chi connectivity index (χ1v) is 9.43. The molecule has 0 unspecified atom stereocenters. The minimum Gasteiger partial charge on any atom is -0.321 e. The van der Waals surface area contributed by atoms with Crippen LogP contribution in [0.3, 0.4) is 0 Å². The fraction of sp³-hybridized carbons (Fsp3) is 0.400. The van der Waals surface area contributed by atoms with Crippen molar-refractivity contribution in [3.05, 3.63) is 29.8 Å². The number of rotatable bonds is 3. The third-order valence-electron chi connectivity index (χ3n) is 4.00. The Bertz CT molecular complexity index is 849. The van der Waals surface area contributed by atoms with Gasteiger partial charge in [-0.05, 0) is 18.6 Å². The Kier molecular flexibility index (Phi) is 4.55. The van der Waals surface area contributed by atoms with Crippen molar-refractivity contribution in [1.82, 2.24) is 5.01 Å². The van der Waals surface area contributed by atoms with Gasteiger partial charge in [-0.2, -0.15) is 5.10 Å². The van der Waals surface area contributed by atoms with Gasteiger partial charge in [0.15, 0.2) is 9.84 Å². The van der Waals surface area contributed by atoms with Crippen molar-refractivity contribution in [3.63, 3.8) is 0 Å². The van der Waals surface area contributed by atoms with Crippen LogP contribution in [0, 0.1) is 11.6 Å². The lowest BCUT2D eigenvalue weighted by Gasteiger charge is -2.27. The molecule has 1 atom stereocenters. The second kappa shape index (κ2) is 6.51. The largest absolute Gasteiger partial charge is 0.321 e. The van der Waals surface area contributed by atoms with E-state index < -0.39 is 33.4 Å². The Morgan fingerprint density at radius 3 is 2.48 bits per heavy atom. The fourth-order valence-electron chi connectivity index (χ4n) is 2.82. The third-order valence-corrected chi connectivity index (χ3v) is 5.75. The summed E-state index contributed by atoms with van der Waals surface area (Å²) >= 11 is 0. The number of nitrogens with zero attached hydrogens (tertiary/aromatic N) is 2. The SMILES string of the molecule is O=C(Nc1cc(F)cc(F)c1)C1=NN([C@H]2CCS(=O)(=O)C2)C(=O)CC1. The van der Waals surface area contributed by atoms with E-state index in [1.807, 2.05) is 0 Å². The molecule has 7 nitrogen and oxygen atoms in total. The van der Waals surface area contributed by atoms with E-state index in [9.17, 15) is 26.8 Å². The molecule has 1 aromatic rings. The first-order valence-electron chi connectivity index (χ1n) is 7.61. The molecule has 0 saturated carbocycles. The maximum Gasteiger partial charge on any atom is 0.271 e. The number of carbonyl (C=O) groups is 2. The van der Waals surface area contributed by atoms with Crippen LogP contribution in [0.25, 0.3) is 0 Å². The van der Waals surface area contributed by atoms with E-state index in [0.29, 0.717) is 6.07 Å². The Hall–Kier alpha value is -2.36. The Labute approximate surface area is 142 Å². The van der Waals surface area contributed by atoms with Crippen LogP contribution in [-0.4, -0.2) is 48.5 Å². The highest BCUT2D eigenvalue weighted by molar-refractivity contribution is 7.91. The predicted octanol–water partition coefficient (Wildman–Crippen LogP) is 1.07. The number of sulfone groups is 1. The monoisotopic (exact) mass is 371 g/mol. The zero-order valence-corrected chi connectivity index (χ0v) is 13.9. The zero-order chi connectivity index (χ0) is 18.2. The second-order valence-electron chi connectivity index (χ2n) is 5.95. The summed E-state index contributed by atoms with van der Waals surface area (Å²) in [6.45, 7) is 0. The topological polar surface area (TPSA) is 95.9 Å². The summed E-state index contributed by atoms with van der Waals surface area (Å²) in [5.41, 5.74) is -0.0642. The highest BCUT2D eigenvalue weighted by Crippen LogP contribution is 2.22. The Morgan fingerprint density at radius 2 is 1.88 bits per heavy atom. The molecule has 1 aromatic carbocycles. The number of halogens is 2. The van der Waals surface area contributed by atoms with Gasteiger partial charge in [0.2, 0.25) is 5.91 Å². The number of anilines is 1. The average molecular weight is 371 g/mol. The van der Waals surface area contributed by atoms with Crippen LogP contribution in [0.1, 0.15) is 19.3 Å². The van der Waals surface area contributed by atoms with Gasteiger partial charge in [-0.1, -0.05) is 0 Å². The maximum absolute atomic E-state index is 13.2. The van der Waals surface area contributed by atoms with Crippen molar-refractivity contribution in [1.29, 1.82) is 0 Å². The smallest absolute Gasteiger partial charge is 0.271 e. The maximum atomic E-state index is 13.2.